The Morgan fingerprint density at radius 1 is 1.06 bits per heavy atom. The van der Waals surface area contributed by atoms with Crippen LogP contribution in [-0.2, 0) is 16.9 Å². The van der Waals surface area contributed by atoms with Crippen LogP contribution < -0.4 is 10.9 Å². The van der Waals surface area contributed by atoms with Gasteiger partial charge in [0.05, 0.1) is 27.8 Å². The van der Waals surface area contributed by atoms with Crippen LogP contribution in [0.5, 0.6) is 0 Å². The van der Waals surface area contributed by atoms with Gasteiger partial charge >= 0.3 is 10.4 Å². The smallest absolute Gasteiger partial charge is 0.346 e. The summed E-state index contributed by atoms with van der Waals surface area (Å²) >= 11 is 7.09. The van der Waals surface area contributed by atoms with Gasteiger partial charge in [0.25, 0.3) is 11.5 Å². The van der Waals surface area contributed by atoms with E-state index in [1.165, 1.54) is 17.4 Å². The Bertz CT molecular complexity index is 1400. The van der Waals surface area contributed by atoms with Crippen molar-refractivity contribution in [3.05, 3.63) is 98.6 Å². The van der Waals surface area contributed by atoms with Gasteiger partial charge < -0.3 is 9.88 Å². The minimum atomic E-state index is -4.67. The zero-order valence-corrected chi connectivity index (χ0v) is 19.1. The number of nitrogens with zero attached hydrogens (tertiary/aromatic N) is 3. The molecule has 0 aliphatic rings. The molecule has 0 atom stereocenters. The number of thiophene rings is 1. The minimum absolute atomic E-state index is 0.0806. The van der Waals surface area contributed by atoms with Gasteiger partial charge in [-0.25, -0.2) is 4.98 Å². The van der Waals surface area contributed by atoms with E-state index in [9.17, 15) is 9.59 Å². The lowest BCUT2D eigenvalue weighted by molar-refractivity contribution is 0.0954. The molecule has 0 aliphatic carbocycles. The van der Waals surface area contributed by atoms with E-state index in [0.717, 1.165) is 17.1 Å². The molecule has 10 nitrogen and oxygen atoms in total. The Balaban J connectivity index is 0.000000555. The molecule has 0 fully saturated rings. The fraction of sp³-hybridized carbons (Fsp3) is 0.0500. The number of hydrogen-bond acceptors (Lipinski definition) is 6. The summed E-state index contributed by atoms with van der Waals surface area (Å²) in [7, 11) is -4.67. The topological polar surface area (TPSA) is 144 Å². The number of carbonyl (C=O) groups excluding carboxylic acids is 1. The second-order valence-electron chi connectivity index (χ2n) is 6.43. The number of aromatic nitrogens is 3. The molecule has 172 valence electrons. The molecule has 0 aliphatic heterocycles. The molecule has 0 bridgehead atoms. The molecule has 1 aromatic carbocycles. The van der Waals surface area contributed by atoms with Crippen LogP contribution in [0.25, 0.3) is 11.4 Å². The van der Waals surface area contributed by atoms with Crippen molar-refractivity contribution in [2.24, 2.45) is 0 Å². The van der Waals surface area contributed by atoms with Gasteiger partial charge in [-0.1, -0.05) is 17.7 Å². The third-order valence-electron chi connectivity index (χ3n) is 4.11. The second-order valence-corrected chi connectivity index (χ2v) is 9.04. The number of hydrogen-bond donors (Lipinski definition) is 3. The van der Waals surface area contributed by atoms with Gasteiger partial charge in [-0.15, -0.1) is 11.3 Å². The second kappa shape index (κ2) is 10.6. The van der Waals surface area contributed by atoms with E-state index in [0.29, 0.717) is 15.8 Å². The summed E-state index contributed by atoms with van der Waals surface area (Å²) < 4.78 is 35.6. The monoisotopic (exact) mass is 508 g/mol. The lowest BCUT2D eigenvalue weighted by Crippen LogP contribution is -2.21. The van der Waals surface area contributed by atoms with Gasteiger partial charge in [0.15, 0.2) is 0 Å². The molecule has 0 saturated heterocycles. The Morgan fingerprint density at radius 3 is 2.33 bits per heavy atom. The molecule has 3 heterocycles. The van der Waals surface area contributed by atoms with E-state index in [4.69, 9.17) is 29.1 Å². The molecule has 0 unspecified atom stereocenters. The Labute approximate surface area is 197 Å². The third kappa shape index (κ3) is 7.37. The van der Waals surface area contributed by atoms with Crippen molar-refractivity contribution >= 4 is 39.2 Å². The molecule has 0 spiro atoms. The first kappa shape index (κ1) is 24.4. The highest BCUT2D eigenvalue weighted by atomic mass is 35.5. The molecule has 0 saturated carbocycles. The predicted octanol–water partition coefficient (Wildman–Crippen LogP) is 3.02. The number of benzene rings is 1. The molecule has 4 rings (SSSR count). The van der Waals surface area contributed by atoms with E-state index in [2.05, 4.69) is 10.3 Å². The van der Waals surface area contributed by atoms with Crippen molar-refractivity contribution in [2.45, 2.75) is 6.54 Å². The van der Waals surface area contributed by atoms with Crippen LogP contribution in [0.3, 0.4) is 0 Å². The van der Waals surface area contributed by atoms with Crippen molar-refractivity contribution in [2.75, 3.05) is 0 Å². The first-order valence-electron chi connectivity index (χ1n) is 9.15. The number of amides is 1. The van der Waals surface area contributed by atoms with Crippen LogP contribution >= 0.6 is 22.9 Å². The SMILES string of the molecule is O=C(NCc1cn(-c2ccc(-n3ccccc3=O)cc2)cn1)c1ccc(Cl)s1.O=S(=O)(O)O. The normalized spacial score (nSPS) is 10.9. The quantitative estimate of drug-likeness (QED) is 0.351. The van der Waals surface area contributed by atoms with Gasteiger partial charge in [0.2, 0.25) is 0 Å². The molecule has 3 N–H and O–H groups in total. The van der Waals surface area contributed by atoms with Crippen molar-refractivity contribution in [3.8, 4) is 11.4 Å². The van der Waals surface area contributed by atoms with Crippen LogP contribution in [-0.4, -0.2) is 37.5 Å². The molecule has 0 radical (unpaired) electrons. The van der Waals surface area contributed by atoms with Gasteiger partial charge in [-0.2, -0.15) is 8.42 Å². The van der Waals surface area contributed by atoms with Gasteiger partial charge in [-0.3, -0.25) is 23.3 Å². The highest BCUT2D eigenvalue weighted by Crippen LogP contribution is 2.21. The summed E-state index contributed by atoms with van der Waals surface area (Å²) in [6.07, 6.45) is 5.27. The Kier molecular flexibility index (Phi) is 7.79. The van der Waals surface area contributed by atoms with Crippen molar-refractivity contribution in [1.29, 1.82) is 0 Å². The van der Waals surface area contributed by atoms with Crippen LogP contribution in [0.1, 0.15) is 15.4 Å². The Morgan fingerprint density at radius 2 is 1.73 bits per heavy atom. The van der Waals surface area contributed by atoms with Crippen molar-refractivity contribution < 1.29 is 22.3 Å². The number of rotatable bonds is 5. The van der Waals surface area contributed by atoms with Crippen LogP contribution in [0.2, 0.25) is 4.34 Å². The Hall–Kier alpha value is -3.29. The minimum Gasteiger partial charge on any atom is -0.346 e. The van der Waals surface area contributed by atoms with E-state index >= 15 is 0 Å². The number of nitrogens with one attached hydrogen (secondary N) is 1. The predicted molar refractivity (Wildman–Crippen MR) is 124 cm³/mol. The van der Waals surface area contributed by atoms with Crippen molar-refractivity contribution in [3.63, 3.8) is 0 Å². The fourth-order valence-corrected chi connectivity index (χ4v) is 3.68. The molecule has 13 heteroatoms. The molecule has 1 amide bonds. The fourth-order valence-electron chi connectivity index (χ4n) is 2.72. The van der Waals surface area contributed by atoms with E-state index in [-0.39, 0.29) is 11.5 Å². The van der Waals surface area contributed by atoms with E-state index in [1.54, 1.807) is 35.3 Å². The van der Waals surface area contributed by atoms with E-state index < -0.39 is 10.4 Å². The highest BCUT2D eigenvalue weighted by molar-refractivity contribution is 7.79. The summed E-state index contributed by atoms with van der Waals surface area (Å²) in [5.41, 5.74) is 2.35. The maximum absolute atomic E-state index is 12.1. The molecule has 4 aromatic rings. The number of halogens is 1. The zero-order chi connectivity index (χ0) is 24.0. The standard InChI is InChI=1S/C20H15ClN4O2S.H2O4S/c21-18-9-8-17(28-18)20(27)22-11-14-12-24(13-23-14)15-4-6-16(7-5-15)25-10-2-1-3-19(25)26;1-5(2,3)4/h1-10,12-13H,11H2,(H,22,27);(H2,1,2,3,4). The summed E-state index contributed by atoms with van der Waals surface area (Å²) in [6.45, 7) is 0.318. The van der Waals surface area contributed by atoms with Crippen LogP contribution in [0.4, 0.5) is 0 Å². The molecule has 3 aromatic heterocycles. The number of imidazole rings is 1. The first-order chi connectivity index (χ1) is 15.6. The summed E-state index contributed by atoms with van der Waals surface area (Å²) in [4.78, 5) is 28.9. The van der Waals surface area contributed by atoms with E-state index in [1.807, 2.05) is 41.1 Å². The lowest BCUT2D eigenvalue weighted by atomic mass is 10.2. The highest BCUT2D eigenvalue weighted by Gasteiger charge is 2.09. The zero-order valence-electron chi connectivity index (χ0n) is 16.7. The molecular formula is C20H17ClN4O6S2. The summed E-state index contributed by atoms with van der Waals surface area (Å²) in [5, 5.41) is 2.83. The van der Waals surface area contributed by atoms with Crippen LogP contribution in [0, 0.1) is 0 Å². The average molecular weight is 509 g/mol. The molecule has 33 heavy (non-hydrogen) atoms. The maximum Gasteiger partial charge on any atom is 0.394 e. The lowest BCUT2D eigenvalue weighted by Gasteiger charge is -2.07. The average Bonchev–Trinajstić information content (AvgIpc) is 3.41. The van der Waals surface area contributed by atoms with Gasteiger partial charge in [0, 0.05) is 29.8 Å². The summed E-state index contributed by atoms with van der Waals surface area (Å²) in [6, 6.07) is 16.0. The summed E-state index contributed by atoms with van der Waals surface area (Å²) in [5.74, 6) is -0.177. The number of carbonyl (C=O) groups is 1. The third-order valence-corrected chi connectivity index (χ3v) is 5.34. The van der Waals surface area contributed by atoms with Gasteiger partial charge in [-0.05, 0) is 42.5 Å². The molecular weight excluding hydrogens is 492 g/mol. The first-order valence-corrected chi connectivity index (χ1v) is 11.7. The largest absolute Gasteiger partial charge is 0.394 e. The van der Waals surface area contributed by atoms with Crippen molar-refractivity contribution in [1.82, 2.24) is 19.4 Å². The number of pyridine rings is 1. The maximum atomic E-state index is 12.1. The van der Waals surface area contributed by atoms with Gasteiger partial charge in [0.1, 0.15) is 0 Å². The van der Waals surface area contributed by atoms with Crippen LogP contribution in [0.15, 0.2) is 78.1 Å².